The van der Waals surface area contributed by atoms with Crippen molar-refractivity contribution in [1.29, 1.82) is 0 Å². The van der Waals surface area contributed by atoms with Crippen LogP contribution in [0.25, 0.3) is 20.8 Å². The van der Waals surface area contributed by atoms with E-state index in [-0.39, 0.29) is 10.2 Å². The lowest BCUT2D eigenvalue weighted by Crippen LogP contribution is -2.32. The van der Waals surface area contributed by atoms with Crippen molar-refractivity contribution in [3.8, 4) is 10.6 Å². The summed E-state index contributed by atoms with van der Waals surface area (Å²) in [5.41, 5.74) is 5.78. The van der Waals surface area contributed by atoms with Gasteiger partial charge in [-0.05, 0) is 24.6 Å². The topological polar surface area (TPSA) is 98.8 Å². The van der Waals surface area contributed by atoms with Crippen LogP contribution < -0.4 is 10.6 Å². The van der Waals surface area contributed by atoms with Crippen LogP contribution in [0.1, 0.15) is 32.4 Å². The number of fused-ring (bicyclic) bond motifs is 3. The van der Waals surface area contributed by atoms with Crippen LogP contribution in [0.4, 0.5) is 5.00 Å². The van der Waals surface area contributed by atoms with Gasteiger partial charge in [0.1, 0.15) is 15.5 Å². The molecule has 0 bridgehead atoms. The Morgan fingerprint density at radius 2 is 2.25 bits per heavy atom. The average molecular weight is 472 g/mol. The third-order valence-corrected chi connectivity index (χ3v) is 8.32. The summed E-state index contributed by atoms with van der Waals surface area (Å²) in [6.07, 6.45) is 7.87. The number of aromatic amines is 1. The maximum Gasteiger partial charge on any atom is 0.226 e. The van der Waals surface area contributed by atoms with Gasteiger partial charge >= 0.3 is 0 Å². The molecule has 0 aromatic carbocycles. The van der Waals surface area contributed by atoms with Crippen LogP contribution in [0.15, 0.2) is 24.7 Å². The number of hydrogen-bond acceptors (Lipinski definition) is 8. The largest absolute Gasteiger partial charge is 0.317 e. The van der Waals surface area contributed by atoms with E-state index in [1.54, 1.807) is 35.1 Å². The smallest absolute Gasteiger partial charge is 0.226 e. The van der Waals surface area contributed by atoms with Gasteiger partial charge in [0.2, 0.25) is 5.91 Å². The Hall–Kier alpha value is -2.66. The van der Waals surface area contributed by atoms with Crippen LogP contribution in [0.3, 0.4) is 0 Å². The third-order valence-electron chi connectivity index (χ3n) is 6.12. The van der Waals surface area contributed by atoms with Gasteiger partial charge in [0.25, 0.3) is 0 Å². The highest BCUT2D eigenvalue weighted by Gasteiger charge is 2.25. The number of nitrogens with zero attached hydrogens (tertiary/aromatic N) is 4. The average Bonchev–Trinajstić information content (AvgIpc) is 3.52. The third kappa shape index (κ3) is 3.73. The summed E-state index contributed by atoms with van der Waals surface area (Å²) < 4.78 is 1.12. The molecular formula is C22H29N7OS2. The van der Waals surface area contributed by atoms with Gasteiger partial charge in [0.05, 0.1) is 17.1 Å². The van der Waals surface area contributed by atoms with Crippen LogP contribution in [0.5, 0.6) is 0 Å². The highest BCUT2D eigenvalue weighted by atomic mass is 32.1. The molecule has 2 aliphatic heterocycles. The minimum Gasteiger partial charge on any atom is -0.317 e. The first kappa shape index (κ1) is 20.0. The van der Waals surface area contributed by atoms with E-state index < -0.39 is 0 Å². The molecule has 170 valence electrons. The first-order valence-corrected chi connectivity index (χ1v) is 12.5. The van der Waals surface area contributed by atoms with Gasteiger partial charge in [-0.1, -0.05) is 0 Å². The van der Waals surface area contributed by atoms with Crippen molar-refractivity contribution >= 4 is 43.8 Å². The Morgan fingerprint density at radius 1 is 1.28 bits per heavy atom. The summed E-state index contributed by atoms with van der Waals surface area (Å²) in [7, 11) is 0. The van der Waals surface area contributed by atoms with Gasteiger partial charge in [0.15, 0.2) is 0 Å². The van der Waals surface area contributed by atoms with Gasteiger partial charge in [-0.15, -0.1) is 22.7 Å². The number of hydrogen-bond donors (Lipinski definition) is 3. The summed E-state index contributed by atoms with van der Waals surface area (Å²) in [6, 6.07) is 2.00. The van der Waals surface area contributed by atoms with Crippen molar-refractivity contribution in [2.24, 2.45) is 0 Å². The number of amides is 1. The number of thiophene rings is 1. The van der Waals surface area contributed by atoms with E-state index in [0.717, 1.165) is 71.4 Å². The minimum atomic E-state index is 0. The first-order chi connectivity index (χ1) is 15.7. The number of H-pyrrole nitrogens is 1. The highest BCUT2D eigenvalue weighted by Crippen LogP contribution is 2.44. The molecule has 2 aliphatic rings. The minimum absolute atomic E-state index is 0. The Labute approximate surface area is 197 Å². The zero-order chi connectivity index (χ0) is 21.5. The van der Waals surface area contributed by atoms with E-state index in [2.05, 4.69) is 30.7 Å². The van der Waals surface area contributed by atoms with Crippen molar-refractivity contribution in [2.75, 3.05) is 25.0 Å². The summed E-state index contributed by atoms with van der Waals surface area (Å²) in [6.45, 7) is 4.33. The predicted molar refractivity (Wildman–Crippen MR) is 133 cm³/mol. The van der Waals surface area contributed by atoms with E-state index >= 15 is 0 Å². The fourth-order valence-electron chi connectivity index (χ4n) is 4.46. The van der Waals surface area contributed by atoms with Crippen molar-refractivity contribution in [3.05, 3.63) is 46.4 Å². The number of anilines is 1. The quantitative estimate of drug-likeness (QED) is 0.408. The number of carbonyl (C=O) groups excluding carboxylic acids is 1. The highest BCUT2D eigenvalue weighted by molar-refractivity contribution is 7.22. The Balaban J connectivity index is 0.00000114. The van der Waals surface area contributed by atoms with E-state index in [4.69, 9.17) is 4.98 Å². The summed E-state index contributed by atoms with van der Waals surface area (Å²) >= 11 is 3.35. The summed E-state index contributed by atoms with van der Waals surface area (Å²) in [4.78, 5) is 25.6. The number of nitrogens with one attached hydrogen (secondary N) is 3. The normalized spacial score (nSPS) is 16.1. The fourth-order valence-corrected chi connectivity index (χ4v) is 6.77. The standard InChI is InChI=1S/C22H23N7OS2.3H2/c30-19(4-8-29-7-3-15-13(12-29)9-25-28-15)27-22-20(14-1-5-24-11-18(14)32-22)21-26-16-10-23-6-2-17(16)31-21;;;/h2,6,9-10,24H,1,3-5,7-8,11-12H2,(H,25,28)(H,27,30);3*1H. The summed E-state index contributed by atoms with van der Waals surface area (Å²) in [5, 5.41) is 15.7. The van der Waals surface area contributed by atoms with Gasteiger partial charge in [-0.3, -0.25) is 19.8 Å². The molecule has 0 spiro atoms. The van der Waals surface area contributed by atoms with Crippen LogP contribution in [-0.2, 0) is 30.7 Å². The van der Waals surface area contributed by atoms with Gasteiger partial charge in [-0.2, -0.15) is 5.10 Å². The zero-order valence-electron chi connectivity index (χ0n) is 17.5. The maximum atomic E-state index is 12.9. The lowest BCUT2D eigenvalue weighted by atomic mass is 10.0. The Bertz CT molecular complexity index is 1270. The van der Waals surface area contributed by atoms with Crippen molar-refractivity contribution in [3.63, 3.8) is 0 Å². The van der Waals surface area contributed by atoms with Crippen LogP contribution in [-0.4, -0.2) is 50.6 Å². The molecule has 32 heavy (non-hydrogen) atoms. The monoisotopic (exact) mass is 471 g/mol. The fraction of sp³-hybridized carbons (Fsp3) is 0.364. The summed E-state index contributed by atoms with van der Waals surface area (Å²) in [5.74, 6) is 0.0542. The Morgan fingerprint density at radius 3 is 3.19 bits per heavy atom. The van der Waals surface area contributed by atoms with Gasteiger partial charge in [0, 0.05) is 71.2 Å². The first-order valence-electron chi connectivity index (χ1n) is 10.8. The lowest BCUT2D eigenvalue weighted by molar-refractivity contribution is -0.116. The molecule has 0 radical (unpaired) electrons. The SMILES string of the molecule is O=C(CCN1CCc2[nH]ncc2C1)Nc1sc2c(c1-c1nc3cnccc3s1)CCNC2.[HH].[HH].[HH]. The number of rotatable bonds is 5. The maximum absolute atomic E-state index is 12.9. The van der Waals surface area contributed by atoms with E-state index in [1.807, 2.05) is 12.3 Å². The van der Waals surface area contributed by atoms with Gasteiger partial charge in [-0.25, -0.2) is 4.98 Å². The molecule has 0 unspecified atom stereocenters. The molecule has 4 aromatic heterocycles. The van der Waals surface area contributed by atoms with Gasteiger partial charge < -0.3 is 10.6 Å². The Kier molecular flexibility index (Phi) is 5.22. The van der Waals surface area contributed by atoms with Crippen molar-refractivity contribution in [1.82, 2.24) is 30.4 Å². The molecule has 8 nitrogen and oxygen atoms in total. The van der Waals surface area contributed by atoms with Crippen LogP contribution in [0, 0.1) is 0 Å². The molecule has 0 saturated carbocycles. The predicted octanol–water partition coefficient (Wildman–Crippen LogP) is 3.91. The molecule has 6 heterocycles. The second kappa shape index (κ2) is 8.36. The molecule has 1 amide bonds. The molecule has 3 N–H and O–H groups in total. The lowest BCUT2D eigenvalue weighted by Gasteiger charge is -2.25. The zero-order valence-corrected chi connectivity index (χ0v) is 19.1. The molecule has 6 rings (SSSR count). The molecule has 4 aromatic rings. The number of aromatic nitrogens is 4. The number of thiazole rings is 1. The molecule has 0 atom stereocenters. The van der Waals surface area contributed by atoms with E-state index in [9.17, 15) is 4.79 Å². The van der Waals surface area contributed by atoms with Crippen molar-refractivity contribution in [2.45, 2.75) is 32.4 Å². The molecule has 10 heteroatoms. The molecular weight excluding hydrogens is 442 g/mol. The van der Waals surface area contributed by atoms with E-state index in [0.29, 0.717) is 6.42 Å². The molecule has 0 aliphatic carbocycles. The van der Waals surface area contributed by atoms with Crippen molar-refractivity contribution < 1.29 is 9.07 Å². The molecule has 0 saturated heterocycles. The van der Waals surface area contributed by atoms with Crippen LogP contribution in [0.2, 0.25) is 0 Å². The second-order valence-corrected chi connectivity index (χ2v) is 10.3. The second-order valence-electron chi connectivity index (χ2n) is 8.20. The number of carbonyl (C=O) groups is 1. The number of pyridine rings is 1. The van der Waals surface area contributed by atoms with Crippen LogP contribution >= 0.6 is 22.7 Å². The molecule has 0 fully saturated rings. The van der Waals surface area contributed by atoms with E-state index in [1.165, 1.54) is 21.7 Å².